The highest BCUT2D eigenvalue weighted by atomic mass is 19.1. The maximum Gasteiger partial charge on any atom is 0.282 e. The number of hydrogen-bond acceptors (Lipinski definition) is 4. The first-order chi connectivity index (χ1) is 9.86. The average Bonchev–Trinajstić information content (AvgIpc) is 2.41. The lowest BCUT2D eigenvalue weighted by molar-refractivity contribution is -0.385. The number of halogens is 1. The zero-order chi connectivity index (χ0) is 16.0. The van der Waals surface area contributed by atoms with E-state index in [1.54, 1.807) is 0 Å². The van der Waals surface area contributed by atoms with E-state index in [0.29, 0.717) is 19.7 Å². The van der Waals surface area contributed by atoms with Crippen molar-refractivity contribution in [3.63, 3.8) is 0 Å². The fourth-order valence-electron chi connectivity index (χ4n) is 1.93. The summed E-state index contributed by atoms with van der Waals surface area (Å²) < 4.78 is 18.3. The number of hydrogen-bond donors (Lipinski definition) is 0. The van der Waals surface area contributed by atoms with Crippen LogP contribution in [-0.2, 0) is 4.74 Å². The number of carbonyl (C=O) groups is 1. The van der Waals surface area contributed by atoms with Crippen LogP contribution < -0.4 is 0 Å². The van der Waals surface area contributed by atoms with Gasteiger partial charge in [-0.05, 0) is 18.1 Å². The van der Waals surface area contributed by atoms with Crippen LogP contribution in [0, 0.1) is 21.8 Å². The largest absolute Gasteiger partial charge is 0.383 e. The Bertz CT molecular complexity index is 520. The summed E-state index contributed by atoms with van der Waals surface area (Å²) in [4.78, 5) is 24.2. The summed E-state index contributed by atoms with van der Waals surface area (Å²) in [6, 6.07) is 2.88. The summed E-state index contributed by atoms with van der Waals surface area (Å²) in [7, 11) is 1.50. The fourth-order valence-corrected chi connectivity index (χ4v) is 1.93. The first kappa shape index (κ1) is 17.0. The van der Waals surface area contributed by atoms with Gasteiger partial charge >= 0.3 is 0 Å². The molecule has 0 radical (unpaired) electrons. The molecule has 0 aromatic heterocycles. The van der Waals surface area contributed by atoms with E-state index in [2.05, 4.69) is 0 Å². The van der Waals surface area contributed by atoms with E-state index >= 15 is 0 Å². The molecule has 1 aromatic rings. The van der Waals surface area contributed by atoms with Gasteiger partial charge in [0.15, 0.2) is 0 Å². The van der Waals surface area contributed by atoms with Gasteiger partial charge in [-0.2, -0.15) is 0 Å². The van der Waals surface area contributed by atoms with Crippen molar-refractivity contribution in [2.75, 3.05) is 26.8 Å². The predicted molar refractivity (Wildman–Crippen MR) is 75.7 cm³/mol. The molecule has 0 spiro atoms. The molecule has 6 nitrogen and oxygen atoms in total. The van der Waals surface area contributed by atoms with E-state index in [4.69, 9.17) is 4.74 Å². The highest BCUT2D eigenvalue weighted by Gasteiger charge is 2.25. The molecule has 0 bridgehead atoms. The normalized spacial score (nSPS) is 10.7. The average molecular weight is 298 g/mol. The van der Waals surface area contributed by atoms with E-state index in [1.807, 2.05) is 13.8 Å². The van der Waals surface area contributed by atoms with Gasteiger partial charge in [0.1, 0.15) is 11.4 Å². The summed E-state index contributed by atoms with van der Waals surface area (Å²) in [6.45, 7) is 4.86. The van der Waals surface area contributed by atoms with Gasteiger partial charge in [0.05, 0.1) is 11.5 Å². The molecule has 0 aliphatic rings. The van der Waals surface area contributed by atoms with Crippen molar-refractivity contribution in [2.24, 2.45) is 5.92 Å². The van der Waals surface area contributed by atoms with Crippen molar-refractivity contribution in [1.82, 2.24) is 4.90 Å². The van der Waals surface area contributed by atoms with Crippen molar-refractivity contribution in [3.05, 3.63) is 39.7 Å². The number of methoxy groups -OCH3 is 1. The van der Waals surface area contributed by atoms with Gasteiger partial charge < -0.3 is 9.64 Å². The van der Waals surface area contributed by atoms with E-state index < -0.39 is 22.3 Å². The Morgan fingerprint density at radius 1 is 1.48 bits per heavy atom. The Kier molecular flexibility index (Phi) is 6.23. The summed E-state index contributed by atoms with van der Waals surface area (Å²) in [5.41, 5.74) is -0.635. The van der Waals surface area contributed by atoms with Crippen LogP contribution in [-0.4, -0.2) is 42.5 Å². The maximum absolute atomic E-state index is 13.3. The second-order valence-corrected chi connectivity index (χ2v) is 5.06. The number of nitro groups is 1. The molecule has 21 heavy (non-hydrogen) atoms. The third-order valence-corrected chi connectivity index (χ3v) is 2.82. The van der Waals surface area contributed by atoms with Crippen molar-refractivity contribution >= 4 is 11.6 Å². The van der Waals surface area contributed by atoms with Gasteiger partial charge in [-0.3, -0.25) is 14.9 Å². The number of amides is 1. The predicted octanol–water partition coefficient (Wildman–Crippen LogP) is 2.48. The Morgan fingerprint density at radius 2 is 2.14 bits per heavy atom. The lowest BCUT2D eigenvalue weighted by Crippen LogP contribution is -2.37. The molecule has 1 rings (SSSR count). The SMILES string of the molecule is COCCN(CC(C)C)C(=O)c1cc(F)ccc1[N+](=O)[O-]. The standard InChI is InChI=1S/C14H19FN2O4/c1-10(2)9-16(6-7-21-3)14(18)12-8-11(15)4-5-13(12)17(19)20/h4-5,8,10H,6-7,9H2,1-3H3. The second-order valence-electron chi connectivity index (χ2n) is 5.06. The quantitative estimate of drug-likeness (QED) is 0.572. The van der Waals surface area contributed by atoms with Crippen LogP contribution >= 0.6 is 0 Å². The van der Waals surface area contributed by atoms with Crippen LogP contribution in [0.4, 0.5) is 10.1 Å². The van der Waals surface area contributed by atoms with Gasteiger partial charge in [-0.15, -0.1) is 0 Å². The van der Waals surface area contributed by atoms with Crippen LogP contribution in [0.2, 0.25) is 0 Å². The molecule has 0 aliphatic carbocycles. The molecule has 0 unspecified atom stereocenters. The number of nitro benzene ring substituents is 1. The summed E-state index contributed by atoms with van der Waals surface area (Å²) in [6.07, 6.45) is 0. The molecule has 0 atom stereocenters. The van der Waals surface area contributed by atoms with Crippen molar-refractivity contribution < 1.29 is 18.8 Å². The number of nitrogens with zero attached hydrogens (tertiary/aromatic N) is 2. The summed E-state index contributed by atoms with van der Waals surface area (Å²) in [5.74, 6) is -1.06. The van der Waals surface area contributed by atoms with Crippen LogP contribution in [0.15, 0.2) is 18.2 Å². The lowest BCUT2D eigenvalue weighted by atomic mass is 10.1. The Hall–Kier alpha value is -2.02. The van der Waals surface area contributed by atoms with E-state index in [-0.39, 0.29) is 11.5 Å². The molecule has 0 N–H and O–H groups in total. The smallest absolute Gasteiger partial charge is 0.282 e. The summed E-state index contributed by atoms with van der Waals surface area (Å²) in [5, 5.41) is 11.0. The topological polar surface area (TPSA) is 72.7 Å². The van der Waals surface area contributed by atoms with Gasteiger partial charge in [0.25, 0.3) is 11.6 Å². The molecule has 0 saturated carbocycles. The van der Waals surface area contributed by atoms with Crippen LogP contribution in [0.5, 0.6) is 0 Å². The van der Waals surface area contributed by atoms with E-state index in [1.165, 1.54) is 12.0 Å². The minimum atomic E-state index is -0.684. The molecule has 1 amide bonds. The summed E-state index contributed by atoms with van der Waals surface area (Å²) >= 11 is 0. The van der Waals surface area contributed by atoms with Gasteiger partial charge in [-0.1, -0.05) is 13.8 Å². The van der Waals surface area contributed by atoms with Crippen LogP contribution in [0.3, 0.4) is 0 Å². The third-order valence-electron chi connectivity index (χ3n) is 2.82. The number of ether oxygens (including phenoxy) is 1. The zero-order valence-electron chi connectivity index (χ0n) is 12.3. The van der Waals surface area contributed by atoms with Gasteiger partial charge in [-0.25, -0.2) is 4.39 Å². The van der Waals surface area contributed by atoms with Gasteiger partial charge in [0, 0.05) is 26.3 Å². The maximum atomic E-state index is 13.3. The molecule has 0 saturated heterocycles. The minimum absolute atomic E-state index is 0.179. The molecule has 116 valence electrons. The van der Waals surface area contributed by atoms with Crippen LogP contribution in [0.1, 0.15) is 24.2 Å². The molecular weight excluding hydrogens is 279 g/mol. The Labute approximate surface area is 122 Å². The molecule has 7 heteroatoms. The lowest BCUT2D eigenvalue weighted by Gasteiger charge is -2.24. The highest BCUT2D eigenvalue weighted by Crippen LogP contribution is 2.21. The van der Waals surface area contributed by atoms with Gasteiger partial charge in [0.2, 0.25) is 0 Å². The van der Waals surface area contributed by atoms with E-state index in [9.17, 15) is 19.3 Å². The fraction of sp³-hybridized carbons (Fsp3) is 0.500. The molecule has 0 heterocycles. The minimum Gasteiger partial charge on any atom is -0.383 e. The highest BCUT2D eigenvalue weighted by molar-refractivity contribution is 5.98. The number of rotatable bonds is 7. The molecular formula is C14H19FN2O4. The molecule has 0 fully saturated rings. The van der Waals surface area contributed by atoms with E-state index in [0.717, 1.165) is 18.2 Å². The molecule has 0 aliphatic heterocycles. The van der Waals surface area contributed by atoms with Crippen molar-refractivity contribution in [3.8, 4) is 0 Å². The monoisotopic (exact) mass is 298 g/mol. The third kappa shape index (κ3) is 4.78. The zero-order valence-corrected chi connectivity index (χ0v) is 12.3. The second kappa shape index (κ2) is 7.68. The Balaban J connectivity index is 3.12. The van der Waals surface area contributed by atoms with Crippen molar-refractivity contribution in [2.45, 2.75) is 13.8 Å². The van der Waals surface area contributed by atoms with Crippen molar-refractivity contribution in [1.29, 1.82) is 0 Å². The first-order valence-corrected chi connectivity index (χ1v) is 6.59. The first-order valence-electron chi connectivity index (χ1n) is 6.59. The number of benzene rings is 1. The number of carbonyl (C=O) groups excluding carboxylic acids is 1. The Morgan fingerprint density at radius 3 is 2.67 bits per heavy atom. The van der Waals surface area contributed by atoms with Crippen LogP contribution in [0.25, 0.3) is 0 Å². The molecule has 1 aromatic carbocycles.